The van der Waals surface area contributed by atoms with Gasteiger partial charge in [0.2, 0.25) is 0 Å². The first kappa shape index (κ1) is 15.1. The number of hydrogen-bond acceptors (Lipinski definition) is 4. The summed E-state index contributed by atoms with van der Waals surface area (Å²) in [5.74, 6) is 1.26. The lowest BCUT2D eigenvalue weighted by molar-refractivity contribution is 0.134. The van der Waals surface area contributed by atoms with Crippen molar-refractivity contribution in [1.82, 2.24) is 5.32 Å². The van der Waals surface area contributed by atoms with E-state index in [1.807, 2.05) is 19.1 Å². The Morgan fingerprint density at radius 2 is 1.80 bits per heavy atom. The number of benzene rings is 1. The van der Waals surface area contributed by atoms with E-state index < -0.39 is 6.10 Å². The minimum atomic E-state index is -0.625. The monoisotopic (exact) mass is 295 g/mol. The lowest BCUT2D eigenvalue weighted by atomic mass is 10.0. The van der Waals surface area contributed by atoms with Crippen molar-refractivity contribution >= 4 is 11.6 Å². The number of furan rings is 1. The Bertz CT molecular complexity index is 538. The van der Waals surface area contributed by atoms with Gasteiger partial charge in [0.15, 0.2) is 0 Å². The van der Waals surface area contributed by atoms with E-state index in [-0.39, 0.29) is 12.6 Å². The summed E-state index contributed by atoms with van der Waals surface area (Å²) < 4.78 is 5.37. The molecule has 1 aromatic heterocycles. The second-order valence-corrected chi connectivity index (χ2v) is 5.13. The SMILES string of the molecule is CC(NCc1ccc(CO)o1)C(O)c1ccc(Cl)cc1. The van der Waals surface area contributed by atoms with Crippen molar-refractivity contribution < 1.29 is 14.6 Å². The molecule has 0 fully saturated rings. The van der Waals surface area contributed by atoms with Gasteiger partial charge in [-0.25, -0.2) is 0 Å². The molecule has 0 saturated carbocycles. The van der Waals surface area contributed by atoms with E-state index in [0.717, 1.165) is 11.3 Å². The lowest BCUT2D eigenvalue weighted by Crippen LogP contribution is -2.31. The second-order valence-electron chi connectivity index (χ2n) is 4.69. The molecule has 0 radical (unpaired) electrons. The van der Waals surface area contributed by atoms with Crippen LogP contribution in [0.1, 0.15) is 30.1 Å². The number of aliphatic hydroxyl groups excluding tert-OH is 2. The van der Waals surface area contributed by atoms with Crippen molar-refractivity contribution in [2.45, 2.75) is 32.2 Å². The molecule has 2 rings (SSSR count). The van der Waals surface area contributed by atoms with Gasteiger partial charge in [-0.3, -0.25) is 0 Å². The van der Waals surface area contributed by atoms with Crippen LogP contribution in [0, 0.1) is 0 Å². The lowest BCUT2D eigenvalue weighted by Gasteiger charge is -2.20. The first-order chi connectivity index (χ1) is 9.60. The molecule has 2 aromatic rings. The molecule has 3 N–H and O–H groups in total. The standard InChI is InChI=1S/C15H18ClNO3/c1-10(15(19)11-2-4-12(16)5-3-11)17-8-13-6-7-14(9-18)20-13/h2-7,10,15,17-19H,8-9H2,1H3. The first-order valence-electron chi connectivity index (χ1n) is 6.45. The Morgan fingerprint density at radius 1 is 1.15 bits per heavy atom. The van der Waals surface area contributed by atoms with Crippen LogP contribution in [0.2, 0.25) is 5.02 Å². The highest BCUT2D eigenvalue weighted by atomic mass is 35.5. The molecule has 2 atom stereocenters. The van der Waals surface area contributed by atoms with Gasteiger partial charge in [0.05, 0.1) is 12.6 Å². The molecule has 0 bridgehead atoms. The molecule has 2 unspecified atom stereocenters. The van der Waals surface area contributed by atoms with Gasteiger partial charge in [-0.05, 0) is 36.8 Å². The average molecular weight is 296 g/mol. The number of aliphatic hydroxyl groups is 2. The van der Waals surface area contributed by atoms with E-state index in [2.05, 4.69) is 5.32 Å². The first-order valence-corrected chi connectivity index (χ1v) is 6.83. The van der Waals surface area contributed by atoms with Crippen LogP contribution in [0.4, 0.5) is 0 Å². The van der Waals surface area contributed by atoms with E-state index in [4.69, 9.17) is 21.1 Å². The number of halogens is 1. The molecule has 0 spiro atoms. The number of nitrogens with one attached hydrogen (secondary N) is 1. The summed E-state index contributed by atoms with van der Waals surface area (Å²) in [6, 6.07) is 10.5. The van der Waals surface area contributed by atoms with Gasteiger partial charge in [-0.15, -0.1) is 0 Å². The van der Waals surface area contributed by atoms with Crippen LogP contribution < -0.4 is 5.32 Å². The van der Waals surface area contributed by atoms with Crippen molar-refractivity contribution in [1.29, 1.82) is 0 Å². The summed E-state index contributed by atoms with van der Waals surface area (Å²) in [6.07, 6.45) is -0.625. The minimum Gasteiger partial charge on any atom is -0.462 e. The molecule has 0 aliphatic rings. The van der Waals surface area contributed by atoms with E-state index in [0.29, 0.717) is 17.3 Å². The van der Waals surface area contributed by atoms with Crippen molar-refractivity contribution in [3.05, 3.63) is 58.5 Å². The smallest absolute Gasteiger partial charge is 0.129 e. The maximum atomic E-state index is 10.2. The van der Waals surface area contributed by atoms with Gasteiger partial charge in [0.25, 0.3) is 0 Å². The summed E-state index contributed by atoms with van der Waals surface area (Å²) in [7, 11) is 0. The summed E-state index contributed by atoms with van der Waals surface area (Å²) in [5, 5.41) is 23.0. The summed E-state index contributed by atoms with van der Waals surface area (Å²) >= 11 is 5.82. The Hall–Kier alpha value is -1.33. The largest absolute Gasteiger partial charge is 0.462 e. The molecule has 0 aliphatic carbocycles. The fourth-order valence-electron chi connectivity index (χ4n) is 1.92. The normalized spacial score (nSPS) is 14.2. The van der Waals surface area contributed by atoms with Crippen LogP contribution in [0.15, 0.2) is 40.8 Å². The number of hydrogen-bond donors (Lipinski definition) is 3. The average Bonchev–Trinajstić information content (AvgIpc) is 2.93. The van der Waals surface area contributed by atoms with Gasteiger partial charge < -0.3 is 19.9 Å². The maximum Gasteiger partial charge on any atom is 0.129 e. The van der Waals surface area contributed by atoms with Crippen LogP contribution >= 0.6 is 11.6 Å². The fourth-order valence-corrected chi connectivity index (χ4v) is 2.05. The van der Waals surface area contributed by atoms with Gasteiger partial charge in [0.1, 0.15) is 18.1 Å². The molecule has 1 heterocycles. The molecule has 4 nitrogen and oxygen atoms in total. The summed E-state index contributed by atoms with van der Waals surface area (Å²) in [4.78, 5) is 0. The number of rotatable bonds is 6. The van der Waals surface area contributed by atoms with Gasteiger partial charge in [0, 0.05) is 11.1 Å². The van der Waals surface area contributed by atoms with Crippen molar-refractivity contribution in [2.75, 3.05) is 0 Å². The highest BCUT2D eigenvalue weighted by Crippen LogP contribution is 2.19. The van der Waals surface area contributed by atoms with Crippen LogP contribution in [0.3, 0.4) is 0 Å². The summed E-state index contributed by atoms with van der Waals surface area (Å²) in [6.45, 7) is 2.28. The molecule has 1 aromatic carbocycles. The van der Waals surface area contributed by atoms with Crippen LogP contribution in [0.25, 0.3) is 0 Å². The molecular formula is C15H18ClNO3. The van der Waals surface area contributed by atoms with Crippen LogP contribution in [-0.2, 0) is 13.2 Å². The third kappa shape index (κ3) is 3.84. The van der Waals surface area contributed by atoms with Gasteiger partial charge >= 0.3 is 0 Å². The second kappa shape index (κ2) is 6.90. The van der Waals surface area contributed by atoms with E-state index in [1.54, 1.807) is 24.3 Å². The molecule has 0 aliphatic heterocycles. The quantitative estimate of drug-likeness (QED) is 0.766. The van der Waals surface area contributed by atoms with Gasteiger partial charge in [-0.2, -0.15) is 0 Å². The molecule has 108 valence electrons. The third-order valence-corrected chi connectivity index (χ3v) is 3.41. The highest BCUT2D eigenvalue weighted by molar-refractivity contribution is 6.30. The Labute approximate surface area is 123 Å². The third-order valence-electron chi connectivity index (χ3n) is 3.16. The molecular weight excluding hydrogens is 278 g/mol. The molecule has 5 heteroatoms. The summed E-state index contributed by atoms with van der Waals surface area (Å²) in [5.41, 5.74) is 0.810. The van der Waals surface area contributed by atoms with E-state index in [1.165, 1.54) is 0 Å². The van der Waals surface area contributed by atoms with Gasteiger partial charge in [-0.1, -0.05) is 23.7 Å². The zero-order valence-electron chi connectivity index (χ0n) is 11.2. The fraction of sp³-hybridized carbons (Fsp3) is 0.333. The highest BCUT2D eigenvalue weighted by Gasteiger charge is 2.16. The predicted octanol–water partition coefficient (Wildman–Crippen LogP) is 2.64. The zero-order chi connectivity index (χ0) is 14.5. The topological polar surface area (TPSA) is 65.6 Å². The van der Waals surface area contributed by atoms with Crippen LogP contribution in [-0.4, -0.2) is 16.3 Å². The maximum absolute atomic E-state index is 10.2. The van der Waals surface area contributed by atoms with Crippen molar-refractivity contribution in [2.24, 2.45) is 0 Å². The van der Waals surface area contributed by atoms with Crippen molar-refractivity contribution in [3.8, 4) is 0 Å². The Kier molecular flexibility index (Phi) is 5.20. The minimum absolute atomic E-state index is 0.108. The van der Waals surface area contributed by atoms with Crippen LogP contribution in [0.5, 0.6) is 0 Å². The Morgan fingerprint density at radius 3 is 2.40 bits per heavy atom. The van der Waals surface area contributed by atoms with E-state index >= 15 is 0 Å². The van der Waals surface area contributed by atoms with Crippen molar-refractivity contribution in [3.63, 3.8) is 0 Å². The predicted molar refractivity (Wildman–Crippen MR) is 77.3 cm³/mol. The zero-order valence-corrected chi connectivity index (χ0v) is 12.0. The molecule has 0 saturated heterocycles. The molecule has 20 heavy (non-hydrogen) atoms. The molecule has 0 amide bonds. The Balaban J connectivity index is 1.90. The van der Waals surface area contributed by atoms with E-state index in [9.17, 15) is 5.11 Å².